The molecule has 2 aliphatic rings. The maximum Gasteiger partial charge on any atom is 0.490 e. The summed E-state index contributed by atoms with van der Waals surface area (Å²) in [4.78, 5) is 31.8. The molecule has 2 atom stereocenters. The second kappa shape index (κ2) is 10.4. The minimum atomic E-state index is -5.08. The Balaban J connectivity index is 0.000000360. The van der Waals surface area contributed by atoms with Gasteiger partial charge in [0.15, 0.2) is 0 Å². The molecule has 2 saturated heterocycles. The van der Waals surface area contributed by atoms with E-state index in [9.17, 15) is 18.0 Å². The van der Waals surface area contributed by atoms with Crippen LogP contribution in [0.25, 0.3) is 0 Å². The van der Waals surface area contributed by atoms with E-state index in [0.29, 0.717) is 18.2 Å². The number of hydrogen-bond donors (Lipinski definition) is 1. The average Bonchev–Trinajstić information content (AvgIpc) is 3.33. The third-order valence-electron chi connectivity index (χ3n) is 5.21. The van der Waals surface area contributed by atoms with Crippen LogP contribution in [0, 0.1) is 12.8 Å². The molecule has 32 heavy (non-hydrogen) atoms. The largest absolute Gasteiger partial charge is 0.490 e. The Kier molecular flexibility index (Phi) is 7.86. The quantitative estimate of drug-likeness (QED) is 0.741. The van der Waals surface area contributed by atoms with E-state index in [2.05, 4.69) is 27.4 Å². The number of pyridine rings is 1. The Morgan fingerprint density at radius 2 is 1.97 bits per heavy atom. The zero-order chi connectivity index (χ0) is 23.3. The lowest BCUT2D eigenvalue weighted by Gasteiger charge is -2.22. The summed E-state index contributed by atoms with van der Waals surface area (Å²) in [6.45, 7) is 6.98. The lowest BCUT2D eigenvalue weighted by atomic mass is 10.1. The van der Waals surface area contributed by atoms with Gasteiger partial charge in [0.1, 0.15) is 5.69 Å². The minimum absolute atomic E-state index is 0.0187. The maximum absolute atomic E-state index is 12.8. The number of amides is 1. The molecule has 2 aromatic heterocycles. The highest BCUT2D eigenvalue weighted by Gasteiger charge is 2.39. The first-order valence-electron chi connectivity index (χ1n) is 10.0. The van der Waals surface area contributed by atoms with Crippen molar-refractivity contribution in [1.29, 1.82) is 0 Å². The molecule has 0 bridgehead atoms. The number of aromatic nitrogens is 1. The van der Waals surface area contributed by atoms with E-state index in [1.165, 1.54) is 4.88 Å². The molecule has 11 heteroatoms. The van der Waals surface area contributed by atoms with Crippen LogP contribution in [0.5, 0.6) is 0 Å². The molecule has 4 rings (SSSR count). The normalized spacial score (nSPS) is 21.3. The highest BCUT2D eigenvalue weighted by atomic mass is 32.1. The van der Waals surface area contributed by atoms with Crippen molar-refractivity contribution in [2.45, 2.75) is 25.7 Å². The molecule has 0 saturated carbocycles. The van der Waals surface area contributed by atoms with Gasteiger partial charge in [0.25, 0.3) is 5.91 Å². The molecule has 1 amide bonds. The monoisotopic (exact) mass is 471 g/mol. The highest BCUT2D eigenvalue weighted by molar-refractivity contribution is 7.09. The summed E-state index contributed by atoms with van der Waals surface area (Å²) < 4.78 is 37.8. The number of ether oxygens (including phenoxy) is 1. The Morgan fingerprint density at radius 3 is 2.59 bits per heavy atom. The summed E-state index contributed by atoms with van der Waals surface area (Å²) in [5, 5.41) is 9.25. The van der Waals surface area contributed by atoms with Crippen LogP contribution in [0.2, 0.25) is 0 Å². The summed E-state index contributed by atoms with van der Waals surface area (Å²) in [6.07, 6.45) is -4.94. The van der Waals surface area contributed by atoms with Crippen LogP contribution in [0.15, 0.2) is 35.7 Å². The topological polar surface area (TPSA) is 83.0 Å². The number of halogens is 3. The van der Waals surface area contributed by atoms with Crippen molar-refractivity contribution < 1.29 is 32.6 Å². The second-order valence-corrected chi connectivity index (χ2v) is 8.69. The van der Waals surface area contributed by atoms with Gasteiger partial charge in [-0.3, -0.25) is 9.69 Å². The molecule has 0 aliphatic carbocycles. The summed E-state index contributed by atoms with van der Waals surface area (Å²) in [6, 6.07) is 9.89. The first-order valence-corrected chi connectivity index (χ1v) is 10.9. The van der Waals surface area contributed by atoms with Crippen molar-refractivity contribution >= 4 is 23.2 Å². The summed E-state index contributed by atoms with van der Waals surface area (Å²) >= 11 is 1.80. The molecule has 2 aliphatic heterocycles. The zero-order valence-electron chi connectivity index (χ0n) is 17.4. The van der Waals surface area contributed by atoms with E-state index in [-0.39, 0.29) is 12.0 Å². The summed E-state index contributed by atoms with van der Waals surface area (Å²) in [5.41, 5.74) is 1.41. The van der Waals surface area contributed by atoms with Crippen LogP contribution < -0.4 is 0 Å². The molecule has 1 N–H and O–H groups in total. The number of thiophene rings is 1. The van der Waals surface area contributed by atoms with Gasteiger partial charge in [0, 0.05) is 49.2 Å². The van der Waals surface area contributed by atoms with Gasteiger partial charge < -0.3 is 14.7 Å². The second-order valence-electron chi connectivity index (χ2n) is 7.66. The zero-order valence-corrected chi connectivity index (χ0v) is 18.2. The Bertz CT molecular complexity index is 923. The lowest BCUT2D eigenvalue weighted by Crippen LogP contribution is -2.33. The first-order chi connectivity index (χ1) is 15.1. The van der Waals surface area contributed by atoms with E-state index in [4.69, 9.17) is 14.6 Å². The van der Waals surface area contributed by atoms with Crippen molar-refractivity contribution in [3.63, 3.8) is 0 Å². The Labute approximate surface area is 187 Å². The third kappa shape index (κ3) is 6.50. The van der Waals surface area contributed by atoms with Gasteiger partial charge in [-0.15, -0.1) is 11.3 Å². The number of hydrogen-bond acceptors (Lipinski definition) is 6. The van der Waals surface area contributed by atoms with Gasteiger partial charge in [-0.05, 0) is 30.5 Å². The van der Waals surface area contributed by atoms with Gasteiger partial charge in [-0.2, -0.15) is 13.2 Å². The predicted octanol–water partition coefficient (Wildman–Crippen LogP) is 3.06. The Morgan fingerprint density at radius 1 is 1.22 bits per heavy atom. The average molecular weight is 472 g/mol. The van der Waals surface area contributed by atoms with Gasteiger partial charge in [0.2, 0.25) is 0 Å². The van der Waals surface area contributed by atoms with Gasteiger partial charge >= 0.3 is 12.1 Å². The number of carbonyl (C=O) groups excluding carboxylic acids is 1. The highest BCUT2D eigenvalue weighted by Crippen LogP contribution is 2.26. The number of nitrogens with zero attached hydrogens (tertiary/aromatic N) is 3. The fourth-order valence-electron chi connectivity index (χ4n) is 3.72. The van der Waals surface area contributed by atoms with E-state index < -0.39 is 12.1 Å². The first kappa shape index (κ1) is 24.1. The van der Waals surface area contributed by atoms with Crippen molar-refractivity contribution in [1.82, 2.24) is 14.8 Å². The maximum atomic E-state index is 12.8. The van der Waals surface area contributed by atoms with Gasteiger partial charge in [-0.25, -0.2) is 9.78 Å². The number of likely N-dealkylation sites (tertiary alicyclic amines) is 1. The number of alkyl halides is 3. The van der Waals surface area contributed by atoms with Crippen LogP contribution in [-0.4, -0.2) is 76.8 Å². The molecule has 0 spiro atoms. The van der Waals surface area contributed by atoms with Crippen LogP contribution in [-0.2, 0) is 16.1 Å². The van der Waals surface area contributed by atoms with Crippen LogP contribution >= 0.6 is 11.3 Å². The van der Waals surface area contributed by atoms with Crippen LogP contribution in [0.1, 0.15) is 21.1 Å². The molecule has 0 aromatic carbocycles. The number of rotatable bonds is 3. The lowest BCUT2D eigenvalue weighted by molar-refractivity contribution is -0.192. The van der Waals surface area contributed by atoms with Crippen molar-refractivity contribution in [3.05, 3.63) is 52.0 Å². The molecule has 4 heterocycles. The molecule has 2 aromatic rings. The van der Waals surface area contributed by atoms with Gasteiger partial charge in [-0.1, -0.05) is 12.1 Å². The van der Waals surface area contributed by atoms with E-state index in [0.717, 1.165) is 38.5 Å². The number of carbonyl (C=O) groups is 2. The molecule has 0 radical (unpaired) electrons. The molecular weight excluding hydrogens is 447 g/mol. The van der Waals surface area contributed by atoms with Gasteiger partial charge in [0.05, 0.1) is 12.7 Å². The molecule has 7 nitrogen and oxygen atoms in total. The molecule has 0 unspecified atom stereocenters. The van der Waals surface area contributed by atoms with E-state index in [1.807, 2.05) is 24.0 Å². The smallest absolute Gasteiger partial charge is 0.475 e. The number of fused-ring (bicyclic) bond motifs is 1. The standard InChI is InChI=1S/C19H23N3O2S.C2HF3O2/c1-14-4-2-6-17(20-14)19(23)22-11-15-10-21(7-8-24-18(15)13-22)12-16-5-3-9-25-16;3-2(4,5)1(6)7/h2-6,9,15,18H,7-8,10-13H2,1H3;(H,6,7)/t15-,18+;/m0./s1. The SMILES string of the molecule is Cc1cccc(C(=O)N2C[C@@H]3CN(Cc4cccs4)CCO[C@@H]3C2)n1.O=C(O)C(F)(F)F. The van der Waals surface area contributed by atoms with E-state index in [1.54, 1.807) is 17.4 Å². The number of aliphatic carboxylic acids is 1. The third-order valence-corrected chi connectivity index (χ3v) is 6.07. The summed E-state index contributed by atoms with van der Waals surface area (Å²) in [7, 11) is 0. The number of aryl methyl sites for hydroxylation is 1. The molecule has 174 valence electrons. The van der Waals surface area contributed by atoms with Crippen LogP contribution in [0.3, 0.4) is 0 Å². The van der Waals surface area contributed by atoms with Crippen molar-refractivity contribution in [2.24, 2.45) is 5.92 Å². The number of carboxylic acids is 1. The van der Waals surface area contributed by atoms with Crippen molar-refractivity contribution in [2.75, 3.05) is 32.8 Å². The van der Waals surface area contributed by atoms with Crippen LogP contribution in [0.4, 0.5) is 13.2 Å². The van der Waals surface area contributed by atoms with Crippen molar-refractivity contribution in [3.8, 4) is 0 Å². The molecule has 2 fully saturated rings. The fourth-order valence-corrected chi connectivity index (χ4v) is 4.46. The summed E-state index contributed by atoms with van der Waals surface area (Å²) in [5.74, 6) is -2.37. The molecular formula is C21H24F3N3O4S. The Hall–Kier alpha value is -2.50. The number of carboxylic acid groups (broad SMARTS) is 1. The minimum Gasteiger partial charge on any atom is -0.475 e. The van der Waals surface area contributed by atoms with E-state index >= 15 is 0 Å². The predicted molar refractivity (Wildman–Crippen MR) is 111 cm³/mol. The fraction of sp³-hybridized carbons (Fsp3) is 0.476.